The third-order valence-corrected chi connectivity index (χ3v) is 5.65. The molecule has 3 aromatic carbocycles. The van der Waals surface area contributed by atoms with Gasteiger partial charge in [0.15, 0.2) is 5.78 Å². The second kappa shape index (κ2) is 11.2. The van der Waals surface area contributed by atoms with Crippen LogP contribution in [0, 0.1) is 0 Å². The molecule has 148 valence electrons. The third-order valence-electron chi connectivity index (χ3n) is 4.72. The van der Waals surface area contributed by atoms with Crippen LogP contribution in [0.3, 0.4) is 0 Å². The van der Waals surface area contributed by atoms with Crippen molar-refractivity contribution in [3.8, 4) is 0 Å². The molecule has 3 nitrogen and oxygen atoms in total. The summed E-state index contributed by atoms with van der Waals surface area (Å²) in [6.07, 6.45) is 0.827. The van der Waals surface area contributed by atoms with Crippen molar-refractivity contribution >= 4 is 23.5 Å². The number of hydrogen-bond donors (Lipinski definition) is 1. The van der Waals surface area contributed by atoms with Crippen LogP contribution in [0.4, 0.5) is 0 Å². The van der Waals surface area contributed by atoms with Crippen molar-refractivity contribution in [2.75, 3.05) is 18.1 Å². The molecule has 29 heavy (non-hydrogen) atoms. The summed E-state index contributed by atoms with van der Waals surface area (Å²) in [6, 6.07) is 29.9. The first-order valence-corrected chi connectivity index (χ1v) is 10.9. The van der Waals surface area contributed by atoms with Crippen LogP contribution in [0.1, 0.15) is 33.8 Å². The molecule has 0 aliphatic rings. The predicted octanol–water partition coefficient (Wildman–Crippen LogP) is 4.94. The topological polar surface area (TPSA) is 46.2 Å². The van der Waals surface area contributed by atoms with Gasteiger partial charge >= 0.3 is 0 Å². The molecule has 0 aliphatic carbocycles. The largest absolute Gasteiger partial charge is 0.355 e. The molecular weight excluding hydrogens is 378 g/mol. The van der Waals surface area contributed by atoms with E-state index in [2.05, 4.69) is 29.6 Å². The minimum Gasteiger partial charge on any atom is -0.355 e. The van der Waals surface area contributed by atoms with Gasteiger partial charge < -0.3 is 5.32 Å². The number of carbonyl (C=O) groups excluding carboxylic acids is 2. The van der Waals surface area contributed by atoms with E-state index in [0.29, 0.717) is 23.6 Å². The first kappa shape index (κ1) is 20.9. The van der Waals surface area contributed by atoms with Gasteiger partial charge in [-0.15, -0.1) is 11.8 Å². The second-order valence-electron chi connectivity index (χ2n) is 6.79. The van der Waals surface area contributed by atoms with Crippen LogP contribution in [0.2, 0.25) is 0 Å². The number of ketones is 1. The Kier molecular flexibility index (Phi) is 8.08. The van der Waals surface area contributed by atoms with Gasteiger partial charge in [0.25, 0.3) is 0 Å². The zero-order chi connectivity index (χ0) is 20.3. The maximum atomic E-state index is 12.2. The van der Waals surface area contributed by atoms with Crippen LogP contribution in [0.15, 0.2) is 91.0 Å². The quantitative estimate of drug-likeness (QED) is 0.488. The fourth-order valence-corrected chi connectivity index (χ4v) is 3.99. The number of hydrogen-bond acceptors (Lipinski definition) is 3. The Morgan fingerprint density at radius 1 is 0.724 bits per heavy atom. The summed E-state index contributed by atoms with van der Waals surface area (Å²) >= 11 is 1.35. The fraction of sp³-hybridized carbons (Fsp3) is 0.200. The molecule has 4 heteroatoms. The average Bonchev–Trinajstić information content (AvgIpc) is 2.78. The van der Waals surface area contributed by atoms with E-state index in [9.17, 15) is 9.59 Å². The molecule has 0 bridgehead atoms. The van der Waals surface area contributed by atoms with Gasteiger partial charge in [-0.1, -0.05) is 91.0 Å². The lowest BCUT2D eigenvalue weighted by atomic mass is 9.88. The second-order valence-corrected chi connectivity index (χ2v) is 7.78. The normalized spacial score (nSPS) is 10.7. The summed E-state index contributed by atoms with van der Waals surface area (Å²) in [5.74, 6) is 0.867. The smallest absolute Gasteiger partial charge is 0.230 e. The van der Waals surface area contributed by atoms with Gasteiger partial charge in [-0.05, 0) is 17.5 Å². The van der Waals surface area contributed by atoms with E-state index >= 15 is 0 Å². The van der Waals surface area contributed by atoms with Gasteiger partial charge in [-0.3, -0.25) is 9.59 Å². The highest BCUT2D eigenvalue weighted by Gasteiger charge is 2.14. The zero-order valence-corrected chi connectivity index (χ0v) is 17.1. The monoisotopic (exact) mass is 403 g/mol. The van der Waals surface area contributed by atoms with Crippen molar-refractivity contribution in [2.45, 2.75) is 12.3 Å². The van der Waals surface area contributed by atoms with Gasteiger partial charge in [0, 0.05) is 18.0 Å². The van der Waals surface area contributed by atoms with Crippen LogP contribution in [0.5, 0.6) is 0 Å². The van der Waals surface area contributed by atoms with Gasteiger partial charge in [0.05, 0.1) is 11.5 Å². The van der Waals surface area contributed by atoms with E-state index in [1.165, 1.54) is 22.9 Å². The molecule has 0 heterocycles. The molecular formula is C25H25NO2S. The summed E-state index contributed by atoms with van der Waals surface area (Å²) < 4.78 is 0. The van der Waals surface area contributed by atoms with Gasteiger partial charge in [-0.2, -0.15) is 0 Å². The molecule has 1 amide bonds. The number of rotatable bonds is 10. The predicted molar refractivity (Wildman–Crippen MR) is 120 cm³/mol. The lowest BCUT2D eigenvalue weighted by Crippen LogP contribution is -2.27. The van der Waals surface area contributed by atoms with Gasteiger partial charge in [0.2, 0.25) is 5.91 Å². The highest BCUT2D eigenvalue weighted by atomic mass is 32.2. The molecule has 0 fully saturated rings. The Hall–Kier alpha value is -2.85. The third kappa shape index (κ3) is 6.61. The van der Waals surface area contributed by atoms with E-state index in [1.54, 1.807) is 12.1 Å². The average molecular weight is 404 g/mol. The maximum Gasteiger partial charge on any atom is 0.230 e. The Morgan fingerprint density at radius 3 is 1.79 bits per heavy atom. The molecule has 0 saturated heterocycles. The lowest BCUT2D eigenvalue weighted by Gasteiger charge is -2.18. The highest BCUT2D eigenvalue weighted by Crippen LogP contribution is 2.27. The van der Waals surface area contributed by atoms with Crippen LogP contribution in [-0.4, -0.2) is 29.7 Å². The lowest BCUT2D eigenvalue weighted by molar-refractivity contribution is -0.118. The molecule has 0 spiro atoms. The van der Waals surface area contributed by atoms with Crippen molar-refractivity contribution in [2.24, 2.45) is 0 Å². The van der Waals surface area contributed by atoms with Crippen molar-refractivity contribution in [1.29, 1.82) is 0 Å². The number of thioether (sulfide) groups is 1. The first-order valence-electron chi connectivity index (χ1n) is 9.76. The van der Waals surface area contributed by atoms with Crippen LogP contribution in [-0.2, 0) is 4.79 Å². The number of amides is 1. The van der Waals surface area contributed by atoms with E-state index in [4.69, 9.17) is 0 Å². The van der Waals surface area contributed by atoms with Crippen LogP contribution >= 0.6 is 11.8 Å². The Morgan fingerprint density at radius 2 is 1.24 bits per heavy atom. The minimum atomic E-state index is -0.0317. The SMILES string of the molecule is O=C(CSCC(=O)c1ccccc1)NCCC(c1ccccc1)c1ccccc1. The summed E-state index contributed by atoms with van der Waals surface area (Å²) in [7, 11) is 0. The molecule has 1 N–H and O–H groups in total. The summed E-state index contributed by atoms with van der Waals surface area (Å²) in [5.41, 5.74) is 3.18. The Bertz CT molecular complexity index is 858. The number of benzene rings is 3. The maximum absolute atomic E-state index is 12.2. The molecule has 0 unspecified atom stereocenters. The minimum absolute atomic E-state index is 0.0317. The highest BCUT2D eigenvalue weighted by molar-refractivity contribution is 8.00. The van der Waals surface area contributed by atoms with Crippen molar-refractivity contribution in [1.82, 2.24) is 5.32 Å². The molecule has 3 rings (SSSR count). The first-order chi connectivity index (χ1) is 14.2. The summed E-state index contributed by atoms with van der Waals surface area (Å²) in [5, 5.41) is 3.00. The van der Waals surface area contributed by atoms with E-state index in [0.717, 1.165) is 6.42 Å². The standard InChI is InChI=1S/C25H25NO2S/c27-24(22-14-8-3-9-15-22)18-29-19-25(28)26-17-16-23(20-10-4-1-5-11-20)21-12-6-2-7-13-21/h1-15,23H,16-19H2,(H,26,28). The molecule has 0 aliphatic heterocycles. The van der Waals surface area contributed by atoms with Gasteiger partial charge in [-0.25, -0.2) is 0 Å². The van der Waals surface area contributed by atoms with Crippen molar-refractivity contribution in [3.63, 3.8) is 0 Å². The van der Waals surface area contributed by atoms with E-state index in [1.807, 2.05) is 54.6 Å². The Balaban J connectivity index is 1.46. The fourth-order valence-electron chi connectivity index (χ4n) is 3.25. The van der Waals surface area contributed by atoms with Crippen LogP contribution < -0.4 is 5.32 Å². The molecule has 3 aromatic rings. The Labute approximate surface area is 176 Å². The van der Waals surface area contributed by atoms with Crippen molar-refractivity contribution in [3.05, 3.63) is 108 Å². The van der Waals surface area contributed by atoms with Gasteiger partial charge in [0.1, 0.15) is 0 Å². The summed E-state index contributed by atoms with van der Waals surface area (Å²) in [4.78, 5) is 24.3. The summed E-state index contributed by atoms with van der Waals surface area (Å²) in [6.45, 7) is 0.598. The zero-order valence-electron chi connectivity index (χ0n) is 16.3. The van der Waals surface area contributed by atoms with E-state index in [-0.39, 0.29) is 17.6 Å². The molecule has 0 atom stereocenters. The van der Waals surface area contributed by atoms with Crippen molar-refractivity contribution < 1.29 is 9.59 Å². The number of Topliss-reactive ketones (excluding diaryl/α,β-unsaturated/α-hetero) is 1. The number of nitrogens with one attached hydrogen (secondary N) is 1. The molecule has 0 radical (unpaired) electrons. The molecule has 0 saturated carbocycles. The number of carbonyl (C=O) groups is 2. The van der Waals surface area contributed by atoms with Crippen LogP contribution in [0.25, 0.3) is 0 Å². The molecule has 0 aromatic heterocycles. The van der Waals surface area contributed by atoms with E-state index < -0.39 is 0 Å².